The molecule has 6 heteroatoms. The molecule has 0 spiro atoms. The summed E-state index contributed by atoms with van der Waals surface area (Å²) in [7, 11) is -3.21. The predicted molar refractivity (Wildman–Crippen MR) is 42.2 cm³/mol. The van der Waals surface area contributed by atoms with Crippen molar-refractivity contribution in [3.8, 4) is 0 Å². The first kappa shape index (κ1) is 7.38. The minimum atomic E-state index is -1.85. The second-order valence-corrected chi connectivity index (χ2v) is 8.80. The number of hydrogen-bond donors (Lipinski definition) is 0. The summed E-state index contributed by atoms with van der Waals surface area (Å²) < 4.78 is 15.8. The van der Waals surface area contributed by atoms with Gasteiger partial charge in [0.25, 0.3) is 20.0 Å². The van der Waals surface area contributed by atoms with Gasteiger partial charge in [0.2, 0.25) is 0 Å². The van der Waals surface area contributed by atoms with Gasteiger partial charge in [0.05, 0.1) is 0 Å². The molecule has 0 saturated carbocycles. The van der Waals surface area contributed by atoms with E-state index < -0.39 is 28.6 Å². The van der Waals surface area contributed by atoms with Crippen molar-refractivity contribution < 1.29 is 12.3 Å². The molecule has 1 aliphatic heterocycles. The third kappa shape index (κ3) is 1.85. The molecular weight excluding hydrogens is 168 g/mol. The minimum Gasteiger partial charge on any atom is -0.425 e. The van der Waals surface area contributed by atoms with Crippen molar-refractivity contribution in [2.75, 3.05) is 0 Å². The lowest BCUT2D eigenvalue weighted by atomic mass is 11.3. The van der Waals surface area contributed by atoms with Gasteiger partial charge >= 0.3 is 8.56 Å². The molecule has 0 unspecified atom stereocenters. The molecule has 0 amide bonds. The van der Waals surface area contributed by atoms with E-state index in [-0.39, 0.29) is 0 Å². The van der Waals surface area contributed by atoms with Crippen molar-refractivity contribution in [3.05, 3.63) is 12.3 Å². The molecule has 9 heavy (non-hydrogen) atoms. The van der Waals surface area contributed by atoms with E-state index in [9.17, 15) is 0 Å². The maximum Gasteiger partial charge on any atom is 0.342 e. The molecule has 0 aliphatic carbocycles. The van der Waals surface area contributed by atoms with Crippen LogP contribution in [0.3, 0.4) is 0 Å². The lowest BCUT2D eigenvalue weighted by Crippen LogP contribution is -2.45. The standard InChI is InChI=1S/C3H10O3Si3/c1-3-9(2)5-7-4-8-6-9/h3H,1,7-8H2,2H3. The van der Waals surface area contributed by atoms with Gasteiger partial charge in [0.1, 0.15) is 0 Å². The van der Waals surface area contributed by atoms with Crippen LogP contribution in [0.5, 0.6) is 0 Å². The van der Waals surface area contributed by atoms with Gasteiger partial charge in [-0.3, -0.25) is 0 Å². The van der Waals surface area contributed by atoms with Crippen LogP contribution in [0.1, 0.15) is 0 Å². The normalized spacial score (nSPS) is 41.4. The molecule has 3 nitrogen and oxygen atoms in total. The van der Waals surface area contributed by atoms with Gasteiger partial charge in [-0.15, -0.1) is 6.58 Å². The van der Waals surface area contributed by atoms with E-state index in [4.69, 9.17) is 12.3 Å². The van der Waals surface area contributed by atoms with Gasteiger partial charge in [-0.1, -0.05) is 5.70 Å². The molecule has 0 bridgehead atoms. The first-order valence-electron chi connectivity index (χ1n) is 2.76. The van der Waals surface area contributed by atoms with Crippen molar-refractivity contribution in [2.45, 2.75) is 6.55 Å². The Bertz CT molecular complexity index is 111. The van der Waals surface area contributed by atoms with Crippen molar-refractivity contribution in [3.63, 3.8) is 0 Å². The molecule has 0 aromatic heterocycles. The van der Waals surface area contributed by atoms with E-state index in [2.05, 4.69) is 6.58 Å². The second kappa shape index (κ2) is 2.90. The average Bonchev–Trinajstić information content (AvgIpc) is 1.90. The fourth-order valence-electron chi connectivity index (χ4n) is 0.511. The van der Waals surface area contributed by atoms with Crippen LogP contribution in [0, 0.1) is 0 Å². The topological polar surface area (TPSA) is 27.7 Å². The Labute approximate surface area is 60.4 Å². The molecule has 52 valence electrons. The summed E-state index contributed by atoms with van der Waals surface area (Å²) in [4.78, 5) is 0. The van der Waals surface area contributed by atoms with Crippen molar-refractivity contribution in [1.82, 2.24) is 0 Å². The van der Waals surface area contributed by atoms with Gasteiger partial charge in [-0.2, -0.15) is 0 Å². The molecule has 1 fully saturated rings. The third-order valence-electron chi connectivity index (χ3n) is 1.23. The van der Waals surface area contributed by atoms with Crippen LogP contribution < -0.4 is 0 Å². The van der Waals surface area contributed by atoms with Crippen LogP contribution >= 0.6 is 0 Å². The fraction of sp³-hybridized carbons (Fsp3) is 0.333. The maximum atomic E-state index is 5.36. The summed E-state index contributed by atoms with van der Waals surface area (Å²) in [5.41, 5.74) is 1.82. The summed E-state index contributed by atoms with van der Waals surface area (Å²) in [5, 5.41) is 0. The van der Waals surface area contributed by atoms with Crippen LogP contribution in [0.4, 0.5) is 0 Å². The van der Waals surface area contributed by atoms with Crippen LogP contribution in [-0.4, -0.2) is 28.6 Å². The Kier molecular flexibility index (Phi) is 2.38. The van der Waals surface area contributed by atoms with Gasteiger partial charge in [-0.05, 0) is 6.55 Å². The highest BCUT2D eigenvalue weighted by molar-refractivity contribution is 6.79. The minimum absolute atomic E-state index is 0.679. The van der Waals surface area contributed by atoms with Gasteiger partial charge < -0.3 is 12.3 Å². The fourth-order valence-corrected chi connectivity index (χ4v) is 6.85. The number of rotatable bonds is 1. The Morgan fingerprint density at radius 3 is 2.33 bits per heavy atom. The summed E-state index contributed by atoms with van der Waals surface area (Å²) in [6.45, 7) is 5.66. The highest BCUT2D eigenvalue weighted by Gasteiger charge is 2.29. The first-order chi connectivity index (χ1) is 4.27. The van der Waals surface area contributed by atoms with E-state index in [0.29, 0.717) is 0 Å². The Morgan fingerprint density at radius 2 is 2.00 bits per heavy atom. The summed E-state index contributed by atoms with van der Waals surface area (Å²) in [5.74, 6) is 0. The summed E-state index contributed by atoms with van der Waals surface area (Å²) >= 11 is 0. The molecule has 1 rings (SSSR count). The summed E-state index contributed by atoms with van der Waals surface area (Å²) in [6, 6.07) is 0. The Hall–Kier alpha value is 0.271. The molecule has 0 aromatic carbocycles. The van der Waals surface area contributed by atoms with Gasteiger partial charge in [0, 0.05) is 0 Å². The maximum absolute atomic E-state index is 5.36. The molecule has 0 radical (unpaired) electrons. The lowest BCUT2D eigenvalue weighted by molar-refractivity contribution is 0.312. The molecule has 0 atom stereocenters. The van der Waals surface area contributed by atoms with Crippen LogP contribution in [0.15, 0.2) is 12.3 Å². The van der Waals surface area contributed by atoms with Crippen LogP contribution in [0.2, 0.25) is 6.55 Å². The lowest BCUT2D eigenvalue weighted by Gasteiger charge is -2.28. The SMILES string of the molecule is C=C[Si]1(C)O[SiH2]O[SiH2]O1. The molecule has 1 aliphatic rings. The van der Waals surface area contributed by atoms with E-state index in [1.165, 1.54) is 0 Å². The second-order valence-electron chi connectivity index (χ2n) is 1.95. The van der Waals surface area contributed by atoms with E-state index >= 15 is 0 Å². The van der Waals surface area contributed by atoms with E-state index in [1.54, 1.807) is 0 Å². The molecular formula is C3H10O3Si3. The molecule has 1 saturated heterocycles. The molecule has 1 heterocycles. The Morgan fingerprint density at radius 1 is 1.44 bits per heavy atom. The van der Waals surface area contributed by atoms with E-state index in [0.717, 1.165) is 0 Å². The smallest absolute Gasteiger partial charge is 0.342 e. The first-order valence-corrected chi connectivity index (χ1v) is 7.46. The van der Waals surface area contributed by atoms with Crippen molar-refractivity contribution in [2.24, 2.45) is 0 Å². The van der Waals surface area contributed by atoms with Crippen molar-refractivity contribution in [1.29, 1.82) is 0 Å². The quantitative estimate of drug-likeness (QED) is 0.474. The van der Waals surface area contributed by atoms with Crippen LogP contribution in [0.25, 0.3) is 0 Å². The largest absolute Gasteiger partial charge is 0.425 e. The summed E-state index contributed by atoms with van der Waals surface area (Å²) in [6.07, 6.45) is 0. The van der Waals surface area contributed by atoms with E-state index in [1.807, 2.05) is 12.2 Å². The zero-order chi connectivity index (χ0) is 6.74. The number of hydrogen-bond acceptors (Lipinski definition) is 3. The zero-order valence-electron chi connectivity index (χ0n) is 5.42. The highest BCUT2D eigenvalue weighted by atomic mass is 28.5. The van der Waals surface area contributed by atoms with Crippen molar-refractivity contribution >= 4 is 28.6 Å². The average molecular weight is 178 g/mol. The van der Waals surface area contributed by atoms with Crippen LogP contribution in [-0.2, 0) is 12.3 Å². The van der Waals surface area contributed by atoms with Gasteiger partial charge in [0.15, 0.2) is 0 Å². The highest BCUT2D eigenvalue weighted by Crippen LogP contribution is 2.09. The predicted octanol–water partition coefficient (Wildman–Crippen LogP) is -1.16. The van der Waals surface area contributed by atoms with Gasteiger partial charge in [-0.25, -0.2) is 0 Å². The third-order valence-corrected chi connectivity index (χ3v) is 8.83. The molecule has 0 aromatic rings. The Balaban J connectivity index is 2.46. The zero-order valence-corrected chi connectivity index (χ0v) is 9.25. The molecule has 0 N–H and O–H groups in total. The monoisotopic (exact) mass is 178 g/mol.